The number of hydrogen-bond donors (Lipinski definition) is 2. The number of hydrogen-bond acceptors (Lipinski definition) is 4. The highest BCUT2D eigenvalue weighted by Crippen LogP contribution is 2.24. The Hall–Kier alpha value is -1.51. The molecule has 0 spiro atoms. The van der Waals surface area contributed by atoms with Crippen LogP contribution in [0.4, 0.5) is 4.39 Å². The van der Waals surface area contributed by atoms with Crippen LogP contribution in [0.3, 0.4) is 0 Å². The molecule has 2 fully saturated rings. The summed E-state index contributed by atoms with van der Waals surface area (Å²) in [4.78, 5) is 12.4. The third-order valence-electron chi connectivity index (χ3n) is 4.64. The summed E-state index contributed by atoms with van der Waals surface area (Å²) in [5, 5.41) is 6.07. The number of carbonyl (C=O) groups excluding carboxylic acids is 1. The molecule has 132 valence electrons. The molecule has 0 saturated carbocycles. The molecule has 2 aliphatic rings. The van der Waals surface area contributed by atoms with Gasteiger partial charge in [0.1, 0.15) is 5.82 Å². The second kappa shape index (κ2) is 7.16. The number of halogens is 1. The van der Waals surface area contributed by atoms with E-state index in [1.54, 1.807) is 0 Å². The lowest BCUT2D eigenvalue weighted by Crippen LogP contribution is -2.50. The normalized spacial score (nSPS) is 22.8. The van der Waals surface area contributed by atoms with Crippen molar-refractivity contribution >= 4 is 15.9 Å². The number of amides is 1. The van der Waals surface area contributed by atoms with E-state index in [1.807, 2.05) is 0 Å². The molecule has 2 aliphatic heterocycles. The molecule has 1 aromatic carbocycles. The molecule has 0 radical (unpaired) electrons. The maximum Gasteiger partial charge on any atom is 0.243 e. The van der Waals surface area contributed by atoms with Gasteiger partial charge in [-0.2, -0.15) is 4.31 Å². The van der Waals surface area contributed by atoms with Gasteiger partial charge in [-0.25, -0.2) is 12.8 Å². The molecule has 2 N–H and O–H groups in total. The maximum absolute atomic E-state index is 13.0. The lowest BCUT2D eigenvalue weighted by molar-refractivity contribution is -0.126. The predicted octanol–water partition coefficient (Wildman–Crippen LogP) is 0.562. The minimum atomic E-state index is -3.69. The quantitative estimate of drug-likeness (QED) is 0.809. The molecule has 1 atom stereocenters. The van der Waals surface area contributed by atoms with E-state index in [1.165, 1.54) is 16.4 Å². The van der Waals surface area contributed by atoms with Crippen molar-refractivity contribution in [2.75, 3.05) is 32.7 Å². The van der Waals surface area contributed by atoms with Gasteiger partial charge in [0.15, 0.2) is 0 Å². The average Bonchev–Trinajstić information content (AvgIpc) is 2.54. The molecule has 1 aromatic rings. The lowest BCUT2D eigenvalue weighted by Gasteiger charge is -2.32. The van der Waals surface area contributed by atoms with Crippen molar-refractivity contribution < 1.29 is 17.6 Å². The summed E-state index contributed by atoms with van der Waals surface area (Å²) in [5.41, 5.74) is 0. The van der Waals surface area contributed by atoms with Crippen molar-refractivity contribution in [3.05, 3.63) is 30.1 Å². The minimum absolute atomic E-state index is 0.0606. The summed E-state index contributed by atoms with van der Waals surface area (Å²) < 4.78 is 39.6. The van der Waals surface area contributed by atoms with E-state index in [4.69, 9.17) is 0 Å². The van der Waals surface area contributed by atoms with Crippen LogP contribution < -0.4 is 10.6 Å². The van der Waals surface area contributed by atoms with E-state index >= 15 is 0 Å². The molecule has 1 amide bonds. The molecule has 2 heterocycles. The van der Waals surface area contributed by atoms with Gasteiger partial charge in [-0.3, -0.25) is 4.79 Å². The first kappa shape index (κ1) is 17.3. The van der Waals surface area contributed by atoms with Crippen molar-refractivity contribution in [1.82, 2.24) is 14.9 Å². The predicted molar refractivity (Wildman–Crippen MR) is 87.3 cm³/mol. The summed E-state index contributed by atoms with van der Waals surface area (Å²) in [6, 6.07) is 4.79. The number of nitrogens with one attached hydrogen (secondary N) is 2. The largest absolute Gasteiger partial charge is 0.355 e. The van der Waals surface area contributed by atoms with Crippen LogP contribution in [-0.2, 0) is 14.8 Å². The van der Waals surface area contributed by atoms with Crippen LogP contribution in [0.5, 0.6) is 0 Å². The zero-order valence-electron chi connectivity index (χ0n) is 13.4. The van der Waals surface area contributed by atoms with Crippen LogP contribution in [0.1, 0.15) is 12.8 Å². The first-order valence-electron chi connectivity index (χ1n) is 8.21. The fourth-order valence-electron chi connectivity index (χ4n) is 3.01. The Morgan fingerprint density at radius 2 is 2.00 bits per heavy atom. The molecule has 0 aliphatic carbocycles. The van der Waals surface area contributed by atoms with Gasteiger partial charge in [0.25, 0.3) is 0 Å². The van der Waals surface area contributed by atoms with Crippen molar-refractivity contribution in [1.29, 1.82) is 0 Å². The highest BCUT2D eigenvalue weighted by atomic mass is 32.2. The first-order chi connectivity index (χ1) is 11.5. The highest BCUT2D eigenvalue weighted by Gasteiger charge is 2.33. The Balaban J connectivity index is 1.63. The summed E-state index contributed by atoms with van der Waals surface area (Å²) >= 11 is 0. The molecule has 1 unspecified atom stereocenters. The molecular weight excluding hydrogens is 333 g/mol. The fourth-order valence-corrected chi connectivity index (χ4v) is 4.54. The summed E-state index contributed by atoms with van der Waals surface area (Å²) in [5.74, 6) is -0.421. The zero-order valence-corrected chi connectivity index (χ0v) is 14.2. The smallest absolute Gasteiger partial charge is 0.243 e. The molecule has 24 heavy (non-hydrogen) atoms. The minimum Gasteiger partial charge on any atom is -0.355 e. The Morgan fingerprint density at radius 3 is 2.62 bits per heavy atom. The number of carbonyl (C=O) groups is 1. The Kier molecular flexibility index (Phi) is 5.17. The second-order valence-corrected chi connectivity index (χ2v) is 8.36. The topological polar surface area (TPSA) is 78.5 Å². The van der Waals surface area contributed by atoms with Crippen LogP contribution in [0, 0.1) is 17.7 Å². The third kappa shape index (κ3) is 3.76. The van der Waals surface area contributed by atoms with E-state index in [-0.39, 0.29) is 23.3 Å². The molecule has 0 bridgehead atoms. The second-order valence-electron chi connectivity index (χ2n) is 6.43. The molecule has 2 saturated heterocycles. The van der Waals surface area contributed by atoms with E-state index in [9.17, 15) is 17.6 Å². The molecule has 0 aromatic heterocycles. The third-order valence-corrected chi connectivity index (χ3v) is 6.52. The number of rotatable bonds is 5. The van der Waals surface area contributed by atoms with Gasteiger partial charge in [0.2, 0.25) is 15.9 Å². The number of benzene rings is 1. The van der Waals surface area contributed by atoms with Gasteiger partial charge < -0.3 is 10.6 Å². The van der Waals surface area contributed by atoms with Crippen LogP contribution in [0.25, 0.3) is 0 Å². The summed E-state index contributed by atoms with van der Waals surface area (Å²) in [6.45, 7) is 3.02. The lowest BCUT2D eigenvalue weighted by atomic mass is 9.98. The highest BCUT2D eigenvalue weighted by molar-refractivity contribution is 7.89. The first-order valence-corrected chi connectivity index (χ1v) is 9.65. The van der Waals surface area contributed by atoms with Gasteiger partial charge in [0.05, 0.1) is 10.8 Å². The van der Waals surface area contributed by atoms with E-state index in [0.717, 1.165) is 25.2 Å². The standard InChI is InChI=1S/C16H22FN3O3S/c17-14-3-5-15(6-4-14)24(22,23)20-7-1-2-13(11-20)16(21)19-10-12-8-18-9-12/h3-6,12-13,18H,1-2,7-11H2,(H,19,21). The molecule has 6 nitrogen and oxygen atoms in total. The van der Waals surface area contributed by atoms with Crippen molar-refractivity contribution in [3.8, 4) is 0 Å². The van der Waals surface area contributed by atoms with E-state index < -0.39 is 15.8 Å². The molecule has 3 rings (SSSR count). The zero-order chi connectivity index (χ0) is 17.2. The Bertz CT molecular complexity index is 689. The van der Waals surface area contributed by atoms with Gasteiger partial charge >= 0.3 is 0 Å². The monoisotopic (exact) mass is 355 g/mol. The van der Waals surface area contributed by atoms with Crippen molar-refractivity contribution in [3.63, 3.8) is 0 Å². The maximum atomic E-state index is 13.0. The molecule has 8 heteroatoms. The van der Waals surface area contributed by atoms with Gasteiger partial charge in [-0.15, -0.1) is 0 Å². The Labute approximate surface area is 141 Å². The number of nitrogens with zero attached hydrogens (tertiary/aromatic N) is 1. The fraction of sp³-hybridized carbons (Fsp3) is 0.562. The van der Waals surface area contributed by atoms with Gasteiger partial charge in [-0.05, 0) is 37.1 Å². The van der Waals surface area contributed by atoms with Crippen LogP contribution in [-0.4, -0.2) is 51.4 Å². The van der Waals surface area contributed by atoms with Crippen LogP contribution in [0.15, 0.2) is 29.2 Å². The van der Waals surface area contributed by atoms with Crippen molar-refractivity contribution in [2.24, 2.45) is 11.8 Å². The number of piperidine rings is 1. The van der Waals surface area contributed by atoms with E-state index in [2.05, 4.69) is 10.6 Å². The van der Waals surface area contributed by atoms with Gasteiger partial charge in [0, 0.05) is 38.6 Å². The van der Waals surface area contributed by atoms with E-state index in [0.29, 0.717) is 31.8 Å². The SMILES string of the molecule is O=C(NCC1CNC1)C1CCCN(S(=O)(=O)c2ccc(F)cc2)C1. The summed E-state index contributed by atoms with van der Waals surface area (Å²) in [6.07, 6.45) is 1.33. The average molecular weight is 355 g/mol. The van der Waals surface area contributed by atoms with Crippen molar-refractivity contribution in [2.45, 2.75) is 17.7 Å². The van der Waals surface area contributed by atoms with Gasteiger partial charge in [-0.1, -0.05) is 0 Å². The van der Waals surface area contributed by atoms with Crippen LogP contribution in [0.2, 0.25) is 0 Å². The number of sulfonamides is 1. The van der Waals surface area contributed by atoms with Crippen LogP contribution >= 0.6 is 0 Å². The Morgan fingerprint density at radius 1 is 1.29 bits per heavy atom. The summed E-state index contributed by atoms with van der Waals surface area (Å²) in [7, 11) is -3.69. The molecular formula is C16H22FN3O3S.